The van der Waals surface area contributed by atoms with E-state index >= 15 is 0 Å². The van der Waals surface area contributed by atoms with E-state index in [9.17, 15) is 22.8 Å². The van der Waals surface area contributed by atoms with Crippen LogP contribution in [0.1, 0.15) is 35.7 Å². The number of methoxy groups -OCH3 is 1. The van der Waals surface area contributed by atoms with E-state index in [4.69, 9.17) is 5.11 Å². The molecule has 0 aromatic heterocycles. The average Bonchev–Trinajstić information content (AvgIpc) is 2.49. The van der Waals surface area contributed by atoms with Gasteiger partial charge in [0, 0.05) is 30.2 Å². The van der Waals surface area contributed by atoms with E-state index in [2.05, 4.69) is 10.1 Å². The van der Waals surface area contributed by atoms with Crippen LogP contribution in [-0.4, -0.2) is 48.3 Å². The van der Waals surface area contributed by atoms with Gasteiger partial charge in [-0.2, -0.15) is 13.2 Å². The van der Waals surface area contributed by atoms with E-state index < -0.39 is 23.8 Å². The predicted octanol–water partition coefficient (Wildman–Crippen LogP) is 3.68. The van der Waals surface area contributed by atoms with Crippen LogP contribution in [0.4, 0.5) is 23.7 Å². The molecule has 2 aliphatic rings. The number of hydrogen-bond acceptors (Lipinski definition) is 4. The molecule has 148 valence electrons. The normalized spacial score (nSPS) is 19.8. The second-order valence-corrected chi connectivity index (χ2v) is 7.49. The number of benzene rings is 1. The number of anilines is 1. The van der Waals surface area contributed by atoms with Crippen molar-refractivity contribution in [2.75, 3.05) is 25.5 Å². The molecule has 0 bridgehead atoms. The topological polar surface area (TPSA) is 78.9 Å². The molecule has 2 fully saturated rings. The number of nitrogens with zero attached hydrogens (tertiary/aromatic N) is 1. The number of carboxylic acid groups (broad SMARTS) is 1. The lowest BCUT2D eigenvalue weighted by Gasteiger charge is -2.59. The van der Waals surface area contributed by atoms with E-state index in [1.807, 2.05) is 0 Å². The molecule has 2 N–H and O–H groups in total. The van der Waals surface area contributed by atoms with Crippen molar-refractivity contribution in [3.8, 4) is 0 Å². The number of ether oxygens (including phenoxy) is 1. The second kappa shape index (κ2) is 6.61. The molecule has 3 rings (SSSR count). The van der Waals surface area contributed by atoms with Crippen LogP contribution >= 0.6 is 0 Å². The number of hydrogen-bond donors (Lipinski definition) is 2. The maximum absolute atomic E-state index is 13.3. The lowest BCUT2D eigenvalue weighted by atomic mass is 9.56. The Labute approximate surface area is 154 Å². The van der Waals surface area contributed by atoms with E-state index in [0.29, 0.717) is 13.1 Å². The number of carbonyl (C=O) groups excluding carboxylic acids is 1. The molecular weight excluding hydrogens is 365 g/mol. The summed E-state index contributed by atoms with van der Waals surface area (Å²) in [6.07, 6.45) is -3.95. The van der Waals surface area contributed by atoms with Crippen LogP contribution in [-0.2, 0) is 10.9 Å². The highest BCUT2D eigenvalue weighted by Crippen LogP contribution is 2.53. The summed E-state index contributed by atoms with van der Waals surface area (Å²) in [7, 11) is 1.17. The number of carbonyl (C=O) groups is 2. The van der Waals surface area contributed by atoms with Crippen LogP contribution in [0, 0.1) is 11.3 Å². The number of nitrogens with one attached hydrogen (secondary N) is 1. The van der Waals surface area contributed by atoms with E-state index in [1.165, 1.54) is 12.0 Å². The summed E-state index contributed by atoms with van der Waals surface area (Å²) in [6, 6.07) is 2.89. The van der Waals surface area contributed by atoms with Gasteiger partial charge in [-0.15, -0.1) is 0 Å². The third-order valence-corrected chi connectivity index (χ3v) is 5.55. The summed E-state index contributed by atoms with van der Waals surface area (Å²) in [5, 5.41) is 11.8. The zero-order valence-electron chi connectivity index (χ0n) is 15.0. The van der Waals surface area contributed by atoms with Crippen molar-refractivity contribution in [2.45, 2.75) is 32.0 Å². The third kappa shape index (κ3) is 3.68. The molecule has 1 saturated carbocycles. The van der Waals surface area contributed by atoms with Gasteiger partial charge in [-0.05, 0) is 43.9 Å². The smallest absolute Gasteiger partial charge is 0.418 e. The Kier molecular flexibility index (Phi) is 4.73. The van der Waals surface area contributed by atoms with E-state index in [1.54, 1.807) is 6.92 Å². The van der Waals surface area contributed by atoms with Gasteiger partial charge >= 0.3 is 18.2 Å². The molecule has 1 spiro atoms. The number of rotatable bonds is 4. The highest BCUT2D eigenvalue weighted by Gasteiger charge is 2.54. The molecule has 1 saturated heterocycles. The van der Waals surface area contributed by atoms with Crippen molar-refractivity contribution in [3.63, 3.8) is 0 Å². The summed E-state index contributed by atoms with van der Waals surface area (Å²) >= 11 is 0. The van der Waals surface area contributed by atoms with Crippen molar-refractivity contribution in [1.29, 1.82) is 0 Å². The molecular formula is C18H21F3N2O4. The SMILES string of the molecule is COC(=O)c1ccc(C(F)(F)F)c(N[C@@H](C)C2CC3(C2)CN(C(=O)O)C3)c1. The van der Waals surface area contributed by atoms with Crippen molar-refractivity contribution >= 4 is 17.7 Å². The first-order valence-electron chi connectivity index (χ1n) is 8.59. The zero-order valence-corrected chi connectivity index (χ0v) is 15.0. The van der Waals surface area contributed by atoms with Crippen molar-refractivity contribution in [3.05, 3.63) is 29.3 Å². The van der Waals surface area contributed by atoms with E-state index in [-0.39, 0.29) is 28.6 Å². The highest BCUT2D eigenvalue weighted by molar-refractivity contribution is 5.90. The quantitative estimate of drug-likeness (QED) is 0.772. The standard InChI is InChI=1S/C18H21F3N2O4/c1-10(12-6-17(7-12)8-23(9-17)16(25)26)22-14-5-11(15(24)27-2)3-4-13(14)18(19,20)21/h3-5,10,12,22H,6-9H2,1-2H3,(H,25,26)/t10-/m0/s1. The van der Waals surface area contributed by atoms with Gasteiger partial charge in [0.1, 0.15) is 0 Å². The van der Waals surface area contributed by atoms with Crippen molar-refractivity contribution < 1.29 is 32.6 Å². The molecule has 1 aromatic carbocycles. The molecule has 1 aromatic rings. The average molecular weight is 386 g/mol. The maximum Gasteiger partial charge on any atom is 0.418 e. The molecule has 1 aliphatic heterocycles. The van der Waals surface area contributed by atoms with Gasteiger partial charge in [0.2, 0.25) is 0 Å². The van der Waals surface area contributed by atoms with Gasteiger partial charge < -0.3 is 20.1 Å². The van der Waals surface area contributed by atoms with Gasteiger partial charge in [0.15, 0.2) is 0 Å². The summed E-state index contributed by atoms with van der Waals surface area (Å²) in [4.78, 5) is 23.9. The number of halogens is 3. The molecule has 9 heteroatoms. The van der Waals surface area contributed by atoms with Gasteiger partial charge in [-0.25, -0.2) is 9.59 Å². The Balaban J connectivity index is 1.69. The van der Waals surface area contributed by atoms with Gasteiger partial charge in [0.25, 0.3) is 0 Å². The fraction of sp³-hybridized carbons (Fsp3) is 0.556. The molecule has 27 heavy (non-hydrogen) atoms. The van der Waals surface area contributed by atoms with Crippen LogP contribution in [0.2, 0.25) is 0 Å². The summed E-state index contributed by atoms with van der Waals surface area (Å²) in [6.45, 7) is 2.77. The Morgan fingerprint density at radius 2 is 1.96 bits per heavy atom. The molecule has 6 nitrogen and oxygen atoms in total. The first-order chi connectivity index (χ1) is 12.5. The molecule has 1 heterocycles. The molecule has 1 aliphatic carbocycles. The Morgan fingerprint density at radius 3 is 2.48 bits per heavy atom. The lowest BCUT2D eigenvalue weighted by Crippen LogP contribution is -2.65. The number of esters is 1. The largest absolute Gasteiger partial charge is 0.465 e. The maximum atomic E-state index is 13.3. The van der Waals surface area contributed by atoms with Gasteiger partial charge in [-0.1, -0.05) is 0 Å². The molecule has 0 radical (unpaired) electrons. The summed E-state index contributed by atoms with van der Waals surface area (Å²) < 4.78 is 44.5. The first-order valence-corrected chi connectivity index (χ1v) is 8.59. The fourth-order valence-electron chi connectivity index (χ4n) is 4.08. The highest BCUT2D eigenvalue weighted by atomic mass is 19.4. The van der Waals surface area contributed by atoms with Crippen LogP contribution in [0.5, 0.6) is 0 Å². The van der Waals surface area contributed by atoms with Crippen LogP contribution in [0.15, 0.2) is 18.2 Å². The van der Waals surface area contributed by atoms with Gasteiger partial charge in [-0.3, -0.25) is 0 Å². The first kappa shape index (κ1) is 19.3. The van der Waals surface area contributed by atoms with Crippen LogP contribution in [0.3, 0.4) is 0 Å². The number of amides is 1. The molecule has 1 atom stereocenters. The second-order valence-electron chi connectivity index (χ2n) is 7.49. The fourth-order valence-corrected chi connectivity index (χ4v) is 4.08. The predicted molar refractivity (Wildman–Crippen MR) is 90.6 cm³/mol. The summed E-state index contributed by atoms with van der Waals surface area (Å²) in [5.41, 5.74) is -0.975. The molecule has 0 unspecified atom stereocenters. The minimum atomic E-state index is -4.55. The number of likely N-dealkylation sites (tertiary alicyclic amines) is 1. The van der Waals surface area contributed by atoms with Crippen molar-refractivity contribution in [2.24, 2.45) is 11.3 Å². The minimum absolute atomic E-state index is 0.0281. The zero-order chi connectivity index (χ0) is 20.0. The van der Waals surface area contributed by atoms with Crippen LogP contribution in [0.25, 0.3) is 0 Å². The number of alkyl halides is 3. The summed E-state index contributed by atoms with van der Waals surface area (Å²) in [5.74, 6) is -0.561. The third-order valence-electron chi connectivity index (χ3n) is 5.55. The van der Waals surface area contributed by atoms with Crippen LogP contribution < -0.4 is 5.32 Å². The molecule has 1 amide bonds. The Hall–Kier alpha value is -2.45. The van der Waals surface area contributed by atoms with E-state index in [0.717, 1.165) is 31.0 Å². The monoisotopic (exact) mass is 386 g/mol. The van der Waals surface area contributed by atoms with Gasteiger partial charge in [0.05, 0.1) is 18.2 Å². The minimum Gasteiger partial charge on any atom is -0.465 e. The Bertz CT molecular complexity index is 751. The Morgan fingerprint density at radius 1 is 1.33 bits per heavy atom. The van der Waals surface area contributed by atoms with Crippen molar-refractivity contribution in [1.82, 2.24) is 4.90 Å². The lowest BCUT2D eigenvalue weighted by molar-refractivity contribution is -0.137.